The van der Waals surface area contributed by atoms with Crippen molar-refractivity contribution < 1.29 is 9.31 Å². The number of hydrogen-bond donors (Lipinski definition) is 0. The second-order valence-corrected chi connectivity index (χ2v) is 3.49. The smallest absolute Gasteiger partial charge is 0.265 e. The Labute approximate surface area is 90.6 Å². The predicted octanol–water partition coefficient (Wildman–Crippen LogP) is 2.49. The molecule has 0 atom stereocenters. The van der Waals surface area contributed by atoms with Gasteiger partial charge in [-0.25, -0.2) is 0 Å². The monoisotopic (exact) mass is 223 g/mol. The molecule has 0 saturated heterocycles. The molecule has 84 valence electrons. The molecule has 0 spiro atoms. The van der Waals surface area contributed by atoms with Crippen LogP contribution in [0.15, 0.2) is 18.3 Å². The lowest BCUT2D eigenvalue weighted by Crippen LogP contribution is -1.99. The van der Waals surface area contributed by atoms with E-state index in [1.54, 1.807) is 4.68 Å². The summed E-state index contributed by atoms with van der Waals surface area (Å²) >= 11 is 0. The van der Waals surface area contributed by atoms with Crippen molar-refractivity contribution in [3.05, 3.63) is 34.3 Å². The molecular weight excluding hydrogens is 213 g/mol. The average molecular weight is 223 g/mol. The molecule has 1 heterocycles. The second-order valence-electron chi connectivity index (χ2n) is 3.49. The van der Waals surface area contributed by atoms with E-state index in [-0.39, 0.29) is 0 Å². The van der Waals surface area contributed by atoms with Gasteiger partial charge in [0.1, 0.15) is 0 Å². The van der Waals surface area contributed by atoms with Crippen LogP contribution >= 0.6 is 0 Å². The van der Waals surface area contributed by atoms with Crippen LogP contribution in [0.5, 0.6) is 0 Å². The lowest BCUT2D eigenvalue weighted by atomic mass is 10.2. The van der Waals surface area contributed by atoms with Crippen molar-refractivity contribution >= 4 is 16.6 Å². The van der Waals surface area contributed by atoms with Gasteiger partial charge in [-0.2, -0.15) is 9.49 Å². The second kappa shape index (κ2) is 3.88. The summed E-state index contributed by atoms with van der Waals surface area (Å²) in [6.45, 7) is 2.64. The maximum absolute atomic E-state index is 13.3. The molecule has 0 fully saturated rings. The van der Waals surface area contributed by atoms with Gasteiger partial charge in [0.15, 0.2) is 0 Å². The summed E-state index contributed by atoms with van der Waals surface area (Å²) in [5.41, 5.74) is 0.0836. The Kier molecular flexibility index (Phi) is 2.55. The number of halogens is 1. The van der Waals surface area contributed by atoms with Crippen LogP contribution in [0.3, 0.4) is 0 Å². The topological polar surface area (TPSA) is 61.0 Å². The third-order valence-corrected chi connectivity index (χ3v) is 2.34. The Morgan fingerprint density at radius 2 is 2.31 bits per heavy atom. The molecule has 1 aromatic carbocycles. The fourth-order valence-corrected chi connectivity index (χ4v) is 1.62. The van der Waals surface area contributed by atoms with Crippen LogP contribution in [-0.2, 0) is 6.54 Å². The number of rotatable bonds is 3. The Hall–Kier alpha value is -1.98. The maximum Gasteiger partial charge on any atom is 0.306 e. The summed E-state index contributed by atoms with van der Waals surface area (Å²) in [7, 11) is 0. The number of benzene rings is 1. The lowest BCUT2D eigenvalue weighted by molar-refractivity contribution is -0.387. The zero-order valence-corrected chi connectivity index (χ0v) is 8.68. The molecular formula is C10H10FN3O2. The molecule has 0 unspecified atom stereocenters. The minimum Gasteiger partial charge on any atom is -0.265 e. The molecule has 16 heavy (non-hydrogen) atoms. The fourth-order valence-electron chi connectivity index (χ4n) is 1.62. The van der Waals surface area contributed by atoms with E-state index < -0.39 is 16.4 Å². The van der Waals surface area contributed by atoms with Crippen molar-refractivity contribution in [2.45, 2.75) is 19.9 Å². The summed E-state index contributed by atoms with van der Waals surface area (Å²) in [4.78, 5) is 9.87. The molecule has 6 heteroatoms. The molecule has 0 N–H and O–H groups in total. The molecule has 2 aromatic rings. The molecule has 0 amide bonds. The van der Waals surface area contributed by atoms with Crippen LogP contribution < -0.4 is 0 Å². The van der Waals surface area contributed by atoms with Gasteiger partial charge in [0.2, 0.25) is 5.82 Å². The zero-order valence-electron chi connectivity index (χ0n) is 8.68. The van der Waals surface area contributed by atoms with Gasteiger partial charge >= 0.3 is 5.69 Å². The van der Waals surface area contributed by atoms with Gasteiger partial charge in [-0.1, -0.05) is 6.92 Å². The number of hydrogen-bond acceptors (Lipinski definition) is 3. The molecule has 5 nitrogen and oxygen atoms in total. The molecule has 0 radical (unpaired) electrons. The number of aryl methyl sites for hydroxylation is 1. The van der Waals surface area contributed by atoms with Crippen molar-refractivity contribution in [2.75, 3.05) is 0 Å². The van der Waals surface area contributed by atoms with E-state index in [0.29, 0.717) is 17.4 Å². The summed E-state index contributed by atoms with van der Waals surface area (Å²) in [5.74, 6) is -0.825. The summed E-state index contributed by atoms with van der Waals surface area (Å²) in [6.07, 6.45) is 2.37. The molecule has 0 bridgehead atoms. The largest absolute Gasteiger partial charge is 0.306 e. The van der Waals surface area contributed by atoms with Crippen LogP contribution in [0, 0.1) is 15.9 Å². The highest BCUT2D eigenvalue weighted by atomic mass is 19.1. The van der Waals surface area contributed by atoms with Crippen LogP contribution in [-0.4, -0.2) is 14.7 Å². The first-order valence-corrected chi connectivity index (χ1v) is 4.93. The van der Waals surface area contributed by atoms with Gasteiger partial charge in [-0.15, -0.1) is 0 Å². The first kappa shape index (κ1) is 10.5. The van der Waals surface area contributed by atoms with Crippen molar-refractivity contribution in [2.24, 2.45) is 0 Å². The van der Waals surface area contributed by atoms with Crippen molar-refractivity contribution in [3.63, 3.8) is 0 Å². The van der Waals surface area contributed by atoms with Crippen molar-refractivity contribution in [1.82, 2.24) is 9.78 Å². The van der Waals surface area contributed by atoms with E-state index in [2.05, 4.69) is 5.10 Å². The summed E-state index contributed by atoms with van der Waals surface area (Å²) in [5, 5.41) is 15.2. The average Bonchev–Trinajstić information content (AvgIpc) is 2.60. The minimum absolute atomic E-state index is 0.509. The highest BCUT2D eigenvalue weighted by molar-refractivity contribution is 5.81. The van der Waals surface area contributed by atoms with Crippen LogP contribution in [0.4, 0.5) is 10.1 Å². The predicted molar refractivity (Wildman–Crippen MR) is 56.6 cm³/mol. The van der Waals surface area contributed by atoms with Crippen LogP contribution in [0.2, 0.25) is 0 Å². The number of aromatic nitrogens is 2. The third kappa shape index (κ3) is 1.62. The summed E-state index contributed by atoms with van der Waals surface area (Å²) < 4.78 is 14.9. The van der Waals surface area contributed by atoms with E-state index in [0.717, 1.165) is 12.5 Å². The molecule has 0 aliphatic rings. The van der Waals surface area contributed by atoms with Crippen molar-refractivity contribution in [1.29, 1.82) is 0 Å². The van der Waals surface area contributed by atoms with Gasteiger partial charge in [0.25, 0.3) is 0 Å². The lowest BCUT2D eigenvalue weighted by Gasteiger charge is -2.00. The van der Waals surface area contributed by atoms with Gasteiger partial charge in [-0.3, -0.25) is 14.8 Å². The highest BCUT2D eigenvalue weighted by Gasteiger charge is 2.17. The van der Waals surface area contributed by atoms with Crippen molar-refractivity contribution in [3.8, 4) is 0 Å². The number of nitro groups is 1. The Balaban J connectivity index is 2.64. The Morgan fingerprint density at radius 1 is 1.56 bits per heavy atom. The Morgan fingerprint density at radius 3 is 2.94 bits per heavy atom. The molecule has 0 saturated carbocycles. The van der Waals surface area contributed by atoms with Crippen LogP contribution in [0.25, 0.3) is 10.9 Å². The maximum atomic E-state index is 13.3. The SMILES string of the molecule is CCCn1ncc2cc(F)c([N+](=O)[O-])cc21. The first-order valence-electron chi connectivity index (χ1n) is 4.93. The zero-order chi connectivity index (χ0) is 11.7. The van der Waals surface area contributed by atoms with Gasteiger partial charge in [0.05, 0.1) is 16.6 Å². The van der Waals surface area contributed by atoms with Crippen LogP contribution in [0.1, 0.15) is 13.3 Å². The van der Waals surface area contributed by atoms with E-state index in [1.807, 2.05) is 6.92 Å². The standard InChI is InChI=1S/C10H10FN3O2/c1-2-3-13-9-5-10(14(15)16)8(11)4-7(9)6-12-13/h4-6H,2-3H2,1H3. The molecule has 2 rings (SSSR count). The summed E-state index contributed by atoms with van der Waals surface area (Å²) in [6, 6.07) is 2.37. The number of fused-ring (bicyclic) bond motifs is 1. The quantitative estimate of drug-likeness (QED) is 0.593. The Bertz CT molecular complexity index is 550. The third-order valence-electron chi connectivity index (χ3n) is 2.34. The fraction of sp³-hybridized carbons (Fsp3) is 0.300. The normalized spacial score (nSPS) is 10.9. The van der Waals surface area contributed by atoms with Gasteiger partial charge < -0.3 is 0 Å². The van der Waals surface area contributed by atoms with E-state index in [4.69, 9.17) is 0 Å². The molecule has 0 aliphatic heterocycles. The highest BCUT2D eigenvalue weighted by Crippen LogP contribution is 2.24. The van der Waals surface area contributed by atoms with Gasteiger partial charge in [0, 0.05) is 18.0 Å². The number of nitrogens with zero attached hydrogens (tertiary/aromatic N) is 3. The van der Waals surface area contributed by atoms with Gasteiger partial charge in [-0.05, 0) is 12.5 Å². The molecule has 0 aliphatic carbocycles. The molecule has 1 aromatic heterocycles. The van der Waals surface area contributed by atoms with E-state index in [9.17, 15) is 14.5 Å². The first-order chi connectivity index (χ1) is 7.63. The van der Waals surface area contributed by atoms with E-state index in [1.165, 1.54) is 12.3 Å². The minimum atomic E-state index is -0.825. The number of nitro benzene ring substituents is 1. The van der Waals surface area contributed by atoms with E-state index >= 15 is 0 Å².